The molecular weight excluding hydrogens is 279 g/mol. The minimum Gasteiger partial charge on any atom is -0.346 e. The molecule has 2 nitrogen and oxygen atoms in total. The molecule has 21 heavy (non-hydrogen) atoms. The minimum atomic E-state index is -0.977. The first-order chi connectivity index (χ1) is 9.88. The van der Waals surface area contributed by atoms with Crippen molar-refractivity contribution in [1.29, 1.82) is 0 Å². The van der Waals surface area contributed by atoms with E-state index in [4.69, 9.17) is 0 Å². The highest BCUT2D eigenvalue weighted by atomic mass is 19.2. The van der Waals surface area contributed by atoms with Gasteiger partial charge in [0.15, 0.2) is 11.6 Å². The summed E-state index contributed by atoms with van der Waals surface area (Å²) in [6, 6.07) is 7.03. The molecule has 5 heteroatoms. The highest BCUT2D eigenvalue weighted by Gasteiger charge is 2.14. The van der Waals surface area contributed by atoms with Gasteiger partial charge in [-0.3, -0.25) is 4.79 Å². The van der Waals surface area contributed by atoms with E-state index in [0.29, 0.717) is 11.1 Å². The van der Waals surface area contributed by atoms with Crippen molar-refractivity contribution in [2.75, 3.05) is 0 Å². The van der Waals surface area contributed by atoms with Gasteiger partial charge in [0.2, 0.25) is 0 Å². The zero-order valence-electron chi connectivity index (χ0n) is 11.6. The Hall–Kier alpha value is -2.30. The maximum atomic E-state index is 13.4. The average molecular weight is 293 g/mol. The molecule has 1 N–H and O–H groups in total. The van der Waals surface area contributed by atoms with Gasteiger partial charge in [-0.25, -0.2) is 13.2 Å². The molecule has 0 bridgehead atoms. The summed E-state index contributed by atoms with van der Waals surface area (Å²) in [6.07, 6.45) is 0. The van der Waals surface area contributed by atoms with Gasteiger partial charge in [-0.15, -0.1) is 0 Å². The summed E-state index contributed by atoms with van der Waals surface area (Å²) in [6.45, 7) is 3.23. The Morgan fingerprint density at radius 1 is 1.00 bits per heavy atom. The summed E-state index contributed by atoms with van der Waals surface area (Å²) in [5.41, 5.74) is 1.04. The highest BCUT2D eigenvalue weighted by Crippen LogP contribution is 2.17. The van der Waals surface area contributed by atoms with Gasteiger partial charge in [0, 0.05) is 5.56 Å². The van der Waals surface area contributed by atoms with Gasteiger partial charge >= 0.3 is 0 Å². The number of carbonyl (C=O) groups excluding carboxylic acids is 1. The molecule has 1 amide bonds. The van der Waals surface area contributed by atoms with E-state index in [2.05, 4.69) is 5.32 Å². The van der Waals surface area contributed by atoms with Gasteiger partial charge in [0.25, 0.3) is 5.91 Å². The summed E-state index contributed by atoms with van der Waals surface area (Å²) >= 11 is 0. The van der Waals surface area contributed by atoms with Crippen LogP contribution < -0.4 is 5.32 Å². The molecule has 0 heterocycles. The second kappa shape index (κ2) is 5.99. The van der Waals surface area contributed by atoms with Crippen LogP contribution in [0.3, 0.4) is 0 Å². The summed E-state index contributed by atoms with van der Waals surface area (Å²) < 4.78 is 39.5. The first-order valence-corrected chi connectivity index (χ1v) is 6.40. The van der Waals surface area contributed by atoms with Crippen molar-refractivity contribution in [3.8, 4) is 0 Å². The molecule has 0 aromatic heterocycles. The Morgan fingerprint density at radius 2 is 1.71 bits per heavy atom. The van der Waals surface area contributed by atoms with Crippen molar-refractivity contribution in [3.63, 3.8) is 0 Å². The SMILES string of the molecule is Cc1ccc(C(=O)NC(C)c2ccc(F)c(F)c2)cc1F. The second-order valence-electron chi connectivity index (χ2n) is 4.83. The van der Waals surface area contributed by atoms with Gasteiger partial charge in [-0.1, -0.05) is 12.1 Å². The molecule has 0 spiro atoms. The molecule has 2 aromatic rings. The van der Waals surface area contributed by atoms with Crippen LogP contribution in [0.1, 0.15) is 34.5 Å². The normalized spacial score (nSPS) is 12.0. The summed E-state index contributed by atoms with van der Waals surface area (Å²) in [4.78, 5) is 12.0. The molecule has 0 aliphatic heterocycles. The molecule has 0 fully saturated rings. The van der Waals surface area contributed by atoms with Crippen LogP contribution in [-0.2, 0) is 0 Å². The Kier molecular flexibility index (Phi) is 4.31. The van der Waals surface area contributed by atoms with E-state index in [0.717, 1.165) is 18.2 Å². The van der Waals surface area contributed by atoms with Crippen molar-refractivity contribution in [2.45, 2.75) is 19.9 Å². The molecule has 0 saturated carbocycles. The van der Waals surface area contributed by atoms with E-state index in [1.165, 1.54) is 18.2 Å². The lowest BCUT2D eigenvalue weighted by Crippen LogP contribution is -2.26. The number of hydrogen-bond donors (Lipinski definition) is 1. The van der Waals surface area contributed by atoms with Crippen LogP contribution in [0.4, 0.5) is 13.2 Å². The van der Waals surface area contributed by atoms with Crippen LogP contribution in [0.25, 0.3) is 0 Å². The fourth-order valence-electron chi connectivity index (χ4n) is 1.88. The van der Waals surface area contributed by atoms with E-state index in [1.807, 2.05) is 0 Å². The number of carbonyl (C=O) groups is 1. The van der Waals surface area contributed by atoms with Crippen molar-refractivity contribution < 1.29 is 18.0 Å². The summed E-state index contributed by atoms with van der Waals surface area (Å²) in [5, 5.41) is 2.61. The summed E-state index contributed by atoms with van der Waals surface area (Å²) in [5.74, 6) is -2.87. The third-order valence-corrected chi connectivity index (χ3v) is 3.23. The quantitative estimate of drug-likeness (QED) is 0.913. The van der Waals surface area contributed by atoms with E-state index < -0.39 is 29.4 Å². The number of amides is 1. The van der Waals surface area contributed by atoms with Gasteiger partial charge in [-0.05, 0) is 49.2 Å². The largest absolute Gasteiger partial charge is 0.346 e. The lowest BCUT2D eigenvalue weighted by atomic mass is 10.1. The number of rotatable bonds is 3. The number of benzene rings is 2. The van der Waals surface area contributed by atoms with Crippen LogP contribution in [0.15, 0.2) is 36.4 Å². The predicted molar refractivity (Wildman–Crippen MR) is 73.4 cm³/mol. The van der Waals surface area contributed by atoms with Crippen LogP contribution >= 0.6 is 0 Å². The van der Waals surface area contributed by atoms with Crippen molar-refractivity contribution in [2.24, 2.45) is 0 Å². The number of halogens is 3. The third-order valence-electron chi connectivity index (χ3n) is 3.23. The lowest BCUT2D eigenvalue weighted by Gasteiger charge is -2.15. The standard InChI is InChI=1S/C16H14F3NO/c1-9-3-4-12(8-14(9)18)16(21)20-10(2)11-5-6-13(17)15(19)7-11/h3-8,10H,1-2H3,(H,20,21). The molecule has 2 rings (SSSR count). The Bertz CT molecular complexity index is 685. The molecule has 2 aromatic carbocycles. The first-order valence-electron chi connectivity index (χ1n) is 6.40. The number of aryl methyl sites for hydroxylation is 1. The second-order valence-corrected chi connectivity index (χ2v) is 4.83. The molecule has 110 valence electrons. The van der Waals surface area contributed by atoms with Crippen molar-refractivity contribution >= 4 is 5.91 Å². The molecule has 0 radical (unpaired) electrons. The van der Waals surface area contributed by atoms with Crippen LogP contribution in [0, 0.1) is 24.4 Å². The predicted octanol–water partition coefficient (Wildman–Crippen LogP) is 3.90. The number of nitrogens with one attached hydrogen (secondary N) is 1. The van der Waals surface area contributed by atoms with Gasteiger partial charge in [0.05, 0.1) is 6.04 Å². The fourth-order valence-corrected chi connectivity index (χ4v) is 1.88. The Balaban J connectivity index is 2.14. The molecule has 0 aliphatic carbocycles. The number of hydrogen-bond acceptors (Lipinski definition) is 1. The zero-order valence-corrected chi connectivity index (χ0v) is 11.6. The smallest absolute Gasteiger partial charge is 0.251 e. The monoisotopic (exact) mass is 293 g/mol. The molecule has 0 aliphatic rings. The Morgan fingerprint density at radius 3 is 2.33 bits per heavy atom. The van der Waals surface area contributed by atoms with E-state index in [1.54, 1.807) is 13.8 Å². The van der Waals surface area contributed by atoms with Gasteiger partial charge < -0.3 is 5.32 Å². The molecule has 1 atom stereocenters. The average Bonchev–Trinajstić information content (AvgIpc) is 2.44. The van der Waals surface area contributed by atoms with Gasteiger partial charge in [0.1, 0.15) is 5.82 Å². The van der Waals surface area contributed by atoms with Crippen LogP contribution in [0.2, 0.25) is 0 Å². The van der Waals surface area contributed by atoms with Crippen LogP contribution in [-0.4, -0.2) is 5.91 Å². The third kappa shape index (κ3) is 3.42. The molecule has 0 saturated heterocycles. The van der Waals surface area contributed by atoms with E-state index in [-0.39, 0.29) is 5.56 Å². The molecular formula is C16H14F3NO. The lowest BCUT2D eigenvalue weighted by molar-refractivity contribution is 0.0939. The minimum absolute atomic E-state index is 0.174. The van der Waals surface area contributed by atoms with E-state index in [9.17, 15) is 18.0 Å². The van der Waals surface area contributed by atoms with Crippen molar-refractivity contribution in [1.82, 2.24) is 5.32 Å². The maximum Gasteiger partial charge on any atom is 0.251 e. The van der Waals surface area contributed by atoms with Crippen molar-refractivity contribution in [3.05, 3.63) is 70.5 Å². The highest BCUT2D eigenvalue weighted by molar-refractivity contribution is 5.94. The first kappa shape index (κ1) is 15.1. The summed E-state index contributed by atoms with van der Waals surface area (Å²) in [7, 11) is 0. The molecule has 1 unspecified atom stereocenters. The van der Waals surface area contributed by atoms with Gasteiger partial charge in [-0.2, -0.15) is 0 Å². The topological polar surface area (TPSA) is 29.1 Å². The van der Waals surface area contributed by atoms with E-state index >= 15 is 0 Å². The van der Waals surface area contributed by atoms with Crippen LogP contribution in [0.5, 0.6) is 0 Å². The zero-order chi connectivity index (χ0) is 15.6. The fraction of sp³-hybridized carbons (Fsp3) is 0.188. The maximum absolute atomic E-state index is 13.4. The Labute approximate surface area is 120 Å².